The van der Waals surface area contributed by atoms with Crippen LogP contribution in [0.4, 0.5) is 0 Å². The van der Waals surface area contributed by atoms with Gasteiger partial charge in [0.05, 0.1) is 18.6 Å². The van der Waals surface area contributed by atoms with Crippen LogP contribution in [0.5, 0.6) is 5.75 Å². The smallest absolute Gasteiger partial charge is 0.239 e. The largest absolute Gasteiger partial charge is 0.496 e. The first kappa shape index (κ1) is 19.2. The maximum atomic E-state index is 12.2. The van der Waals surface area contributed by atoms with Crippen LogP contribution in [-0.2, 0) is 11.2 Å². The molecule has 2 aromatic rings. The van der Waals surface area contributed by atoms with Gasteiger partial charge in [0.1, 0.15) is 5.75 Å². The van der Waals surface area contributed by atoms with Crippen molar-refractivity contribution in [1.82, 2.24) is 5.32 Å². The summed E-state index contributed by atoms with van der Waals surface area (Å²) in [4.78, 5) is 12.2. The zero-order chi connectivity index (χ0) is 19.2. The van der Waals surface area contributed by atoms with Crippen LogP contribution in [0.1, 0.15) is 36.5 Å². The van der Waals surface area contributed by atoms with E-state index in [9.17, 15) is 4.79 Å². The van der Waals surface area contributed by atoms with Gasteiger partial charge in [-0.2, -0.15) is 5.10 Å². The predicted octanol–water partition coefficient (Wildman–Crippen LogP) is 3.98. The van der Waals surface area contributed by atoms with Gasteiger partial charge in [-0.15, -0.1) is 5.10 Å². The Balaban J connectivity index is 1.62. The van der Waals surface area contributed by atoms with Gasteiger partial charge in [-0.25, -0.2) is 0 Å². The van der Waals surface area contributed by atoms with Crippen LogP contribution < -0.4 is 10.1 Å². The lowest BCUT2D eigenvalue weighted by Crippen LogP contribution is -2.25. The van der Waals surface area contributed by atoms with Crippen LogP contribution >= 0.6 is 11.8 Å². The highest BCUT2D eigenvalue weighted by Crippen LogP contribution is 2.24. The zero-order valence-electron chi connectivity index (χ0n) is 15.7. The fourth-order valence-corrected chi connectivity index (χ4v) is 3.72. The number of benzene rings is 2. The Bertz CT molecular complexity index is 860. The molecule has 0 aromatic heterocycles. The van der Waals surface area contributed by atoms with E-state index in [2.05, 4.69) is 53.6 Å². The van der Waals surface area contributed by atoms with E-state index in [-0.39, 0.29) is 11.2 Å². The molecule has 3 rings (SSSR count). The minimum atomic E-state index is -0.185. The quantitative estimate of drug-likeness (QED) is 0.608. The van der Waals surface area contributed by atoms with E-state index in [1.54, 1.807) is 13.3 Å². The molecule has 0 radical (unpaired) electrons. The Morgan fingerprint density at radius 1 is 1.19 bits per heavy atom. The van der Waals surface area contributed by atoms with Crippen molar-refractivity contribution in [3.63, 3.8) is 0 Å². The number of para-hydroxylation sites is 1. The van der Waals surface area contributed by atoms with Crippen molar-refractivity contribution in [3.8, 4) is 5.75 Å². The maximum Gasteiger partial charge on any atom is 0.239 e. The van der Waals surface area contributed by atoms with Gasteiger partial charge in [-0.1, -0.05) is 62.0 Å². The number of hydrogen-bond donors (Lipinski definition) is 1. The summed E-state index contributed by atoms with van der Waals surface area (Å²) in [7, 11) is 1.61. The summed E-state index contributed by atoms with van der Waals surface area (Å²) in [6.07, 6.45) is 2.29. The predicted molar refractivity (Wildman–Crippen MR) is 112 cm³/mol. The topological polar surface area (TPSA) is 63.1 Å². The number of rotatable bonds is 6. The second-order valence-corrected chi connectivity index (χ2v) is 7.78. The van der Waals surface area contributed by atoms with Gasteiger partial charge < -0.3 is 10.1 Å². The van der Waals surface area contributed by atoms with Gasteiger partial charge in [0.25, 0.3) is 0 Å². The molecule has 0 unspecified atom stereocenters. The lowest BCUT2D eigenvalue weighted by molar-refractivity contribution is -0.118. The van der Waals surface area contributed by atoms with Crippen LogP contribution in [0.2, 0.25) is 0 Å². The van der Waals surface area contributed by atoms with E-state index in [0.717, 1.165) is 16.9 Å². The molecule has 1 atom stereocenters. The zero-order valence-corrected chi connectivity index (χ0v) is 16.5. The summed E-state index contributed by atoms with van der Waals surface area (Å²) in [5, 5.41) is 11.4. The SMILES string of the molecule is COc1ccccc1/C=N\N=C1/NC(=O)[C@H](Cc2ccc(C(C)C)cc2)S1. The lowest BCUT2D eigenvalue weighted by Gasteiger charge is -2.08. The molecule has 6 heteroatoms. The Morgan fingerprint density at radius 3 is 2.63 bits per heavy atom. The van der Waals surface area contributed by atoms with Crippen molar-refractivity contribution in [2.45, 2.75) is 31.4 Å². The number of carbonyl (C=O) groups excluding carboxylic acids is 1. The van der Waals surface area contributed by atoms with E-state index in [0.29, 0.717) is 17.5 Å². The second-order valence-electron chi connectivity index (χ2n) is 6.59. The number of nitrogens with zero attached hydrogens (tertiary/aromatic N) is 2. The molecule has 2 aromatic carbocycles. The second kappa shape index (κ2) is 8.86. The molecule has 1 heterocycles. The fraction of sp³-hybridized carbons (Fsp3) is 0.286. The van der Waals surface area contributed by atoms with E-state index < -0.39 is 0 Å². The highest BCUT2D eigenvalue weighted by atomic mass is 32.2. The van der Waals surface area contributed by atoms with Gasteiger partial charge in [-0.05, 0) is 35.6 Å². The molecule has 1 aliphatic heterocycles. The summed E-state index contributed by atoms with van der Waals surface area (Å²) in [5.74, 6) is 1.20. The normalized spacial score (nSPS) is 18.4. The Hall–Kier alpha value is -2.60. The first-order chi connectivity index (χ1) is 13.1. The van der Waals surface area contributed by atoms with E-state index >= 15 is 0 Å². The standard InChI is InChI=1S/C21H23N3O2S/c1-14(2)16-10-8-15(9-11-16)12-19-20(25)23-21(27-19)24-22-13-17-6-4-5-7-18(17)26-3/h4-11,13-14,19H,12H2,1-3H3,(H,23,24,25)/b22-13-/t19-/m0/s1. The number of amidine groups is 1. The number of hydrogen-bond acceptors (Lipinski definition) is 5. The van der Waals surface area contributed by atoms with E-state index in [1.807, 2.05) is 24.3 Å². The molecular weight excluding hydrogens is 358 g/mol. The van der Waals surface area contributed by atoms with Crippen molar-refractivity contribution < 1.29 is 9.53 Å². The van der Waals surface area contributed by atoms with Gasteiger partial charge in [0.2, 0.25) is 5.91 Å². The number of methoxy groups -OCH3 is 1. The number of amides is 1. The molecule has 5 nitrogen and oxygen atoms in total. The van der Waals surface area contributed by atoms with Gasteiger partial charge in [0, 0.05) is 5.56 Å². The van der Waals surface area contributed by atoms with Crippen LogP contribution in [0.25, 0.3) is 0 Å². The molecular formula is C21H23N3O2S. The van der Waals surface area contributed by atoms with Crippen LogP contribution in [0.15, 0.2) is 58.7 Å². The van der Waals surface area contributed by atoms with Gasteiger partial charge >= 0.3 is 0 Å². The summed E-state index contributed by atoms with van der Waals surface area (Å²) < 4.78 is 5.28. The van der Waals surface area contributed by atoms with E-state index in [4.69, 9.17) is 4.74 Å². The highest BCUT2D eigenvalue weighted by molar-refractivity contribution is 8.15. The first-order valence-electron chi connectivity index (χ1n) is 8.87. The Labute approximate surface area is 163 Å². The number of ether oxygens (including phenoxy) is 1. The number of thioether (sulfide) groups is 1. The van der Waals surface area contributed by atoms with Gasteiger partial charge in [-0.3, -0.25) is 4.79 Å². The lowest BCUT2D eigenvalue weighted by atomic mass is 10.0. The summed E-state index contributed by atoms with van der Waals surface area (Å²) in [6.45, 7) is 4.34. The molecule has 27 heavy (non-hydrogen) atoms. The van der Waals surface area contributed by atoms with Crippen molar-refractivity contribution in [2.24, 2.45) is 10.2 Å². The first-order valence-corrected chi connectivity index (χ1v) is 9.75. The fourth-order valence-electron chi connectivity index (χ4n) is 2.76. The molecule has 1 fully saturated rings. The highest BCUT2D eigenvalue weighted by Gasteiger charge is 2.30. The minimum Gasteiger partial charge on any atom is -0.496 e. The third-order valence-corrected chi connectivity index (χ3v) is 5.40. The molecule has 1 N–H and O–H groups in total. The van der Waals surface area contributed by atoms with Gasteiger partial charge in [0.15, 0.2) is 5.17 Å². The third kappa shape index (κ3) is 4.98. The van der Waals surface area contributed by atoms with Crippen molar-refractivity contribution in [1.29, 1.82) is 0 Å². The molecule has 0 bridgehead atoms. The molecule has 140 valence electrons. The molecule has 1 aliphatic rings. The average Bonchev–Trinajstić information content (AvgIpc) is 3.02. The van der Waals surface area contributed by atoms with Crippen molar-refractivity contribution in [3.05, 3.63) is 65.2 Å². The summed E-state index contributed by atoms with van der Waals surface area (Å²) in [5.41, 5.74) is 3.28. The molecule has 0 saturated carbocycles. The number of carbonyl (C=O) groups is 1. The molecule has 0 spiro atoms. The molecule has 0 aliphatic carbocycles. The Morgan fingerprint density at radius 2 is 1.93 bits per heavy atom. The van der Waals surface area contributed by atoms with Crippen molar-refractivity contribution >= 4 is 29.1 Å². The van der Waals surface area contributed by atoms with Crippen LogP contribution in [0, 0.1) is 0 Å². The Kier molecular flexibility index (Phi) is 6.29. The monoisotopic (exact) mass is 381 g/mol. The molecule has 1 amide bonds. The van der Waals surface area contributed by atoms with E-state index in [1.165, 1.54) is 17.3 Å². The van der Waals surface area contributed by atoms with Crippen molar-refractivity contribution in [2.75, 3.05) is 7.11 Å². The summed E-state index contributed by atoms with van der Waals surface area (Å²) >= 11 is 1.41. The van der Waals surface area contributed by atoms with Crippen LogP contribution in [-0.4, -0.2) is 29.6 Å². The summed E-state index contributed by atoms with van der Waals surface area (Å²) in [6, 6.07) is 16.0. The average molecular weight is 382 g/mol. The number of nitrogens with one attached hydrogen (secondary N) is 1. The minimum absolute atomic E-state index is 0.0285. The maximum absolute atomic E-state index is 12.2. The molecule has 1 saturated heterocycles. The third-order valence-electron chi connectivity index (χ3n) is 4.33. The van der Waals surface area contributed by atoms with Crippen LogP contribution in [0.3, 0.4) is 0 Å².